The van der Waals surface area contributed by atoms with E-state index in [-0.39, 0.29) is 5.91 Å². The molecule has 3 aromatic rings. The average Bonchev–Trinajstić information content (AvgIpc) is 2.77. The van der Waals surface area contributed by atoms with Crippen LogP contribution >= 0.6 is 0 Å². The van der Waals surface area contributed by atoms with E-state index in [1.165, 1.54) is 5.56 Å². The molecule has 1 aliphatic rings. The van der Waals surface area contributed by atoms with Crippen molar-refractivity contribution in [3.8, 4) is 17.0 Å². The second-order valence-corrected chi connectivity index (χ2v) is 7.22. The quantitative estimate of drug-likeness (QED) is 0.682. The molecule has 1 aromatic heterocycles. The van der Waals surface area contributed by atoms with Gasteiger partial charge in [0.2, 0.25) is 5.91 Å². The van der Waals surface area contributed by atoms with Gasteiger partial charge in [0, 0.05) is 12.0 Å². The topological polar surface area (TPSA) is 64.1 Å². The molecular formula is C24H25N3O2. The van der Waals surface area contributed by atoms with Gasteiger partial charge in [-0.1, -0.05) is 37.3 Å². The highest BCUT2D eigenvalue weighted by atomic mass is 16.5. The highest BCUT2D eigenvalue weighted by Crippen LogP contribution is 2.34. The van der Waals surface area contributed by atoms with Crippen LogP contribution in [0.2, 0.25) is 0 Å². The lowest BCUT2D eigenvalue weighted by atomic mass is 9.91. The Kier molecular flexibility index (Phi) is 5.56. The largest absolute Gasteiger partial charge is 0.497 e. The van der Waals surface area contributed by atoms with E-state index in [1.807, 2.05) is 43.3 Å². The zero-order valence-electron chi connectivity index (χ0n) is 16.9. The highest BCUT2D eigenvalue weighted by Gasteiger charge is 2.22. The molecule has 0 spiro atoms. The number of hydrogen-bond donors (Lipinski definition) is 1. The maximum Gasteiger partial charge on any atom is 0.225 e. The average molecular weight is 387 g/mol. The number of carbonyl (C=O) groups is 1. The number of aryl methyl sites for hydroxylation is 4. The number of methoxy groups -OCH3 is 1. The van der Waals surface area contributed by atoms with E-state index < -0.39 is 0 Å². The Labute approximate surface area is 171 Å². The van der Waals surface area contributed by atoms with Gasteiger partial charge in [0.05, 0.1) is 24.2 Å². The van der Waals surface area contributed by atoms with Gasteiger partial charge < -0.3 is 10.1 Å². The van der Waals surface area contributed by atoms with Gasteiger partial charge in [0.1, 0.15) is 5.75 Å². The summed E-state index contributed by atoms with van der Waals surface area (Å²) in [6, 6.07) is 16.1. The van der Waals surface area contributed by atoms with E-state index in [2.05, 4.69) is 17.4 Å². The Morgan fingerprint density at radius 2 is 1.93 bits per heavy atom. The lowest BCUT2D eigenvalue weighted by Gasteiger charge is -2.21. The van der Waals surface area contributed by atoms with E-state index in [0.717, 1.165) is 46.8 Å². The summed E-state index contributed by atoms with van der Waals surface area (Å²) in [5.41, 5.74) is 6.18. The molecule has 0 unspecified atom stereocenters. The molecule has 1 aliphatic carbocycles. The van der Waals surface area contributed by atoms with Crippen LogP contribution in [-0.2, 0) is 30.5 Å². The number of anilines is 1. The SMILES string of the molecule is CCc1nc2c(nc1NC(=O)CCc1ccccc1)CCc1cc(OC)ccc1-2. The number of fused-ring (bicyclic) bond motifs is 3. The van der Waals surface area contributed by atoms with Crippen LogP contribution in [0.5, 0.6) is 5.75 Å². The lowest BCUT2D eigenvalue weighted by molar-refractivity contribution is -0.116. The number of benzene rings is 2. The van der Waals surface area contributed by atoms with Gasteiger partial charge in [-0.05, 0) is 55.0 Å². The molecule has 4 rings (SSSR count). The number of nitrogens with zero attached hydrogens (tertiary/aromatic N) is 2. The predicted molar refractivity (Wildman–Crippen MR) is 114 cm³/mol. The van der Waals surface area contributed by atoms with E-state index in [9.17, 15) is 4.79 Å². The van der Waals surface area contributed by atoms with Gasteiger partial charge in [0.15, 0.2) is 5.82 Å². The molecule has 1 heterocycles. The van der Waals surface area contributed by atoms with Crippen molar-refractivity contribution in [3.63, 3.8) is 0 Å². The molecule has 0 aliphatic heterocycles. The summed E-state index contributed by atoms with van der Waals surface area (Å²) in [4.78, 5) is 22.2. The van der Waals surface area contributed by atoms with Crippen molar-refractivity contribution in [1.82, 2.24) is 9.97 Å². The number of ether oxygens (including phenoxy) is 1. The van der Waals surface area contributed by atoms with Crippen LogP contribution in [0.1, 0.15) is 35.9 Å². The number of carbonyl (C=O) groups excluding carboxylic acids is 1. The van der Waals surface area contributed by atoms with Crippen molar-refractivity contribution >= 4 is 11.7 Å². The molecule has 0 atom stereocenters. The molecule has 29 heavy (non-hydrogen) atoms. The van der Waals surface area contributed by atoms with Gasteiger partial charge in [-0.3, -0.25) is 4.79 Å². The molecule has 0 saturated carbocycles. The minimum absolute atomic E-state index is 0.0289. The van der Waals surface area contributed by atoms with Crippen LogP contribution in [0.25, 0.3) is 11.3 Å². The Morgan fingerprint density at radius 1 is 1.10 bits per heavy atom. The first-order valence-corrected chi connectivity index (χ1v) is 10.1. The normalized spacial score (nSPS) is 12.1. The van der Waals surface area contributed by atoms with Crippen molar-refractivity contribution in [1.29, 1.82) is 0 Å². The molecule has 0 fully saturated rings. The van der Waals surface area contributed by atoms with Crippen molar-refractivity contribution in [2.75, 3.05) is 12.4 Å². The van der Waals surface area contributed by atoms with Gasteiger partial charge in [-0.25, -0.2) is 9.97 Å². The first-order valence-electron chi connectivity index (χ1n) is 10.1. The number of amides is 1. The lowest BCUT2D eigenvalue weighted by Crippen LogP contribution is -2.18. The third-order valence-corrected chi connectivity index (χ3v) is 5.32. The molecule has 0 bridgehead atoms. The first kappa shape index (κ1) is 19.1. The summed E-state index contributed by atoms with van der Waals surface area (Å²) in [6.45, 7) is 2.04. The van der Waals surface area contributed by atoms with Crippen molar-refractivity contribution in [2.24, 2.45) is 0 Å². The maximum atomic E-state index is 12.5. The van der Waals surface area contributed by atoms with Crippen molar-refractivity contribution < 1.29 is 9.53 Å². The number of nitrogens with one attached hydrogen (secondary N) is 1. The summed E-state index contributed by atoms with van der Waals surface area (Å²) in [6.07, 6.45) is 3.54. The maximum absolute atomic E-state index is 12.5. The van der Waals surface area contributed by atoms with Gasteiger partial charge in [0.25, 0.3) is 0 Å². The van der Waals surface area contributed by atoms with Crippen LogP contribution in [0, 0.1) is 0 Å². The number of aromatic nitrogens is 2. The third-order valence-electron chi connectivity index (χ3n) is 5.32. The van der Waals surface area contributed by atoms with E-state index in [0.29, 0.717) is 25.1 Å². The highest BCUT2D eigenvalue weighted by molar-refractivity contribution is 5.90. The van der Waals surface area contributed by atoms with Crippen molar-refractivity contribution in [3.05, 3.63) is 71.0 Å². The molecule has 2 aromatic carbocycles. The summed E-state index contributed by atoms with van der Waals surface area (Å²) in [7, 11) is 1.68. The van der Waals surface area contributed by atoms with E-state index in [1.54, 1.807) is 7.11 Å². The number of hydrogen-bond acceptors (Lipinski definition) is 4. The standard InChI is InChI=1S/C24H25N3O2/c1-3-20-24(27-22(28)14-9-16-7-5-4-6-8-16)26-21-13-10-17-15-18(29-2)11-12-19(17)23(21)25-20/h4-8,11-12,15H,3,9-10,13-14H2,1-2H3,(H,26,27,28). The summed E-state index contributed by atoms with van der Waals surface area (Å²) in [5, 5.41) is 2.99. The third kappa shape index (κ3) is 4.14. The minimum atomic E-state index is -0.0289. The smallest absolute Gasteiger partial charge is 0.225 e. The van der Waals surface area contributed by atoms with Crippen LogP contribution < -0.4 is 10.1 Å². The number of rotatable bonds is 6. The van der Waals surface area contributed by atoms with Gasteiger partial charge in [-0.15, -0.1) is 0 Å². The fourth-order valence-electron chi connectivity index (χ4n) is 3.73. The first-order chi connectivity index (χ1) is 14.2. The van der Waals surface area contributed by atoms with Crippen LogP contribution in [0.15, 0.2) is 48.5 Å². The minimum Gasteiger partial charge on any atom is -0.497 e. The van der Waals surface area contributed by atoms with Crippen molar-refractivity contribution in [2.45, 2.75) is 39.0 Å². The van der Waals surface area contributed by atoms with E-state index in [4.69, 9.17) is 14.7 Å². The predicted octanol–water partition coefficient (Wildman–Crippen LogP) is 4.38. The molecule has 0 saturated heterocycles. The van der Waals surface area contributed by atoms with E-state index >= 15 is 0 Å². The zero-order chi connectivity index (χ0) is 20.2. The molecule has 1 N–H and O–H groups in total. The zero-order valence-corrected chi connectivity index (χ0v) is 16.9. The Hall–Kier alpha value is -3.21. The fraction of sp³-hybridized carbons (Fsp3) is 0.292. The molecule has 5 nitrogen and oxygen atoms in total. The molecule has 0 radical (unpaired) electrons. The van der Waals surface area contributed by atoms with Gasteiger partial charge >= 0.3 is 0 Å². The molecule has 1 amide bonds. The Morgan fingerprint density at radius 3 is 2.69 bits per heavy atom. The molecule has 148 valence electrons. The van der Waals surface area contributed by atoms with Crippen LogP contribution in [-0.4, -0.2) is 23.0 Å². The van der Waals surface area contributed by atoms with Gasteiger partial charge in [-0.2, -0.15) is 0 Å². The summed E-state index contributed by atoms with van der Waals surface area (Å²) in [5.74, 6) is 1.43. The Balaban J connectivity index is 1.55. The summed E-state index contributed by atoms with van der Waals surface area (Å²) >= 11 is 0. The summed E-state index contributed by atoms with van der Waals surface area (Å²) < 4.78 is 5.35. The van der Waals surface area contributed by atoms with Crippen LogP contribution in [0.3, 0.4) is 0 Å². The molecular weight excluding hydrogens is 362 g/mol. The second-order valence-electron chi connectivity index (χ2n) is 7.22. The fourth-order valence-corrected chi connectivity index (χ4v) is 3.73. The molecule has 5 heteroatoms. The monoisotopic (exact) mass is 387 g/mol. The Bertz CT molecular complexity index is 1030. The van der Waals surface area contributed by atoms with Crippen LogP contribution in [0.4, 0.5) is 5.82 Å². The second kappa shape index (κ2) is 8.43.